The second-order valence-electron chi connectivity index (χ2n) is 8.89. The number of imide groups is 2. The second kappa shape index (κ2) is 10.5. The predicted molar refractivity (Wildman–Crippen MR) is 128 cm³/mol. The highest BCUT2D eigenvalue weighted by Crippen LogP contribution is 2.32. The third-order valence-electron chi connectivity index (χ3n) is 5.95. The smallest absolute Gasteiger partial charge is 0.321 e. The van der Waals surface area contributed by atoms with Crippen molar-refractivity contribution >= 4 is 41.3 Å². The Bertz CT molecular complexity index is 1210. The normalized spacial score (nSPS) is 17.3. The van der Waals surface area contributed by atoms with Crippen LogP contribution in [0.25, 0.3) is 0 Å². The zero-order valence-corrected chi connectivity index (χ0v) is 20.0. The van der Waals surface area contributed by atoms with Crippen molar-refractivity contribution in [1.29, 1.82) is 0 Å². The summed E-state index contributed by atoms with van der Waals surface area (Å²) < 4.78 is 0. The van der Waals surface area contributed by atoms with E-state index in [0.717, 1.165) is 4.90 Å². The van der Waals surface area contributed by atoms with Crippen LogP contribution in [0.5, 0.6) is 0 Å². The fraction of sp³-hybridized carbons (Fsp3) is 0.435. The maximum absolute atomic E-state index is 13.1. The highest BCUT2D eigenvalue weighted by molar-refractivity contribution is 6.25. The third-order valence-corrected chi connectivity index (χ3v) is 5.95. The highest BCUT2D eigenvalue weighted by Gasteiger charge is 2.45. The van der Waals surface area contributed by atoms with Crippen molar-refractivity contribution < 1.29 is 24.0 Å². The van der Waals surface area contributed by atoms with Crippen LogP contribution in [-0.2, 0) is 9.59 Å². The molecule has 13 heteroatoms. The lowest BCUT2D eigenvalue weighted by molar-refractivity contribution is -0.136. The molecule has 190 valence electrons. The minimum atomic E-state index is -1.01. The average molecular weight is 497 g/mol. The summed E-state index contributed by atoms with van der Waals surface area (Å²) in [6.07, 6.45) is 1.52. The van der Waals surface area contributed by atoms with Gasteiger partial charge in [-0.1, -0.05) is 19.9 Å². The molecule has 0 aliphatic carbocycles. The summed E-state index contributed by atoms with van der Waals surface area (Å²) in [5.74, 6) is -1.10. The van der Waals surface area contributed by atoms with Crippen molar-refractivity contribution in [2.24, 2.45) is 0 Å². The van der Waals surface area contributed by atoms with Gasteiger partial charge in [-0.25, -0.2) is 4.79 Å². The van der Waals surface area contributed by atoms with Crippen molar-refractivity contribution in [3.8, 4) is 0 Å². The Hall–Kier alpha value is -4.29. The van der Waals surface area contributed by atoms with E-state index >= 15 is 0 Å². The topological polar surface area (TPSA) is 178 Å². The maximum Gasteiger partial charge on any atom is 0.321 e. The van der Waals surface area contributed by atoms with E-state index in [1.54, 1.807) is 18.2 Å². The molecule has 1 aromatic carbocycles. The number of amides is 6. The summed E-state index contributed by atoms with van der Waals surface area (Å²) in [6.45, 7) is 4.84. The molecule has 1 saturated heterocycles. The molecule has 0 spiro atoms. The van der Waals surface area contributed by atoms with Gasteiger partial charge < -0.3 is 10.6 Å². The van der Waals surface area contributed by atoms with E-state index in [0.29, 0.717) is 37.4 Å². The van der Waals surface area contributed by atoms with Gasteiger partial charge in [0.05, 0.1) is 11.1 Å². The number of benzene rings is 1. The number of piperidine rings is 1. The molecule has 5 N–H and O–H groups in total. The van der Waals surface area contributed by atoms with Gasteiger partial charge in [0, 0.05) is 31.1 Å². The molecule has 3 heterocycles. The molecular formula is C23H28N8O5. The lowest BCUT2D eigenvalue weighted by Crippen LogP contribution is -2.54. The zero-order chi connectivity index (χ0) is 25.8. The summed E-state index contributed by atoms with van der Waals surface area (Å²) in [4.78, 5) is 66.8. The van der Waals surface area contributed by atoms with E-state index in [1.165, 1.54) is 0 Å². The summed E-state index contributed by atoms with van der Waals surface area (Å²) in [5, 5.41) is 17.4. The molecule has 0 saturated carbocycles. The number of hydrogen-bond acceptors (Lipinski definition) is 8. The monoisotopic (exact) mass is 496 g/mol. The first-order valence-corrected chi connectivity index (χ1v) is 11.8. The minimum absolute atomic E-state index is 0.0676. The molecule has 0 radical (unpaired) electrons. The number of aromatic nitrogens is 3. The molecule has 2 aliphatic heterocycles. The van der Waals surface area contributed by atoms with Gasteiger partial charge in [0.2, 0.25) is 17.8 Å². The molecule has 6 amide bonds. The van der Waals surface area contributed by atoms with Crippen LogP contribution in [0.1, 0.15) is 72.0 Å². The number of carbonyl (C=O) groups is 5. The number of fused-ring (bicyclic) bond motifs is 1. The number of carbonyl (C=O) groups excluding carboxylic acids is 5. The number of nitrogens with one attached hydrogen (secondary N) is 5. The molecule has 1 atom stereocenters. The molecule has 1 fully saturated rings. The minimum Gasteiger partial charge on any atom is -0.384 e. The highest BCUT2D eigenvalue weighted by atomic mass is 16.2. The molecule has 4 rings (SSSR count). The Labute approximate surface area is 206 Å². The number of rotatable bonds is 9. The number of nitrogens with zero attached hydrogens (tertiary/aromatic N) is 3. The molecule has 2 aliphatic rings. The molecule has 13 nitrogen and oxygen atoms in total. The quantitative estimate of drug-likeness (QED) is 0.255. The van der Waals surface area contributed by atoms with Gasteiger partial charge in [-0.05, 0) is 31.4 Å². The Morgan fingerprint density at radius 2 is 1.92 bits per heavy atom. The Balaban J connectivity index is 1.25. The number of hydrogen-bond donors (Lipinski definition) is 5. The third kappa shape index (κ3) is 5.19. The summed E-state index contributed by atoms with van der Waals surface area (Å²) in [7, 11) is 0. The fourth-order valence-corrected chi connectivity index (χ4v) is 4.07. The number of urea groups is 1. The van der Waals surface area contributed by atoms with Crippen LogP contribution >= 0.6 is 0 Å². The lowest BCUT2D eigenvalue weighted by Gasteiger charge is -2.27. The number of aromatic amines is 1. The number of unbranched alkanes of at least 4 members (excludes halogenated alkanes) is 1. The maximum atomic E-state index is 13.1. The number of anilines is 2. The average Bonchev–Trinajstić information content (AvgIpc) is 3.40. The van der Waals surface area contributed by atoms with E-state index in [4.69, 9.17) is 0 Å². The first-order chi connectivity index (χ1) is 17.3. The Kier molecular flexibility index (Phi) is 7.27. The van der Waals surface area contributed by atoms with Crippen molar-refractivity contribution in [3.63, 3.8) is 0 Å². The van der Waals surface area contributed by atoms with Crippen LogP contribution in [0.15, 0.2) is 18.2 Å². The van der Waals surface area contributed by atoms with Crippen molar-refractivity contribution in [3.05, 3.63) is 35.2 Å². The standard InChI is InChI=1S/C23H28N8O5/c1-12(2)18-27-22(30-29-18)28-23(36)25-11-4-3-10-24-14-7-5-6-13-17(14)21(35)31(20(13)34)15-8-9-16(32)26-19(15)33/h5-7,12,15,24H,3-4,8-11H2,1-2H3,(H,26,32,33)(H3,25,27,28,29,30,36). The molecular weight excluding hydrogens is 468 g/mol. The van der Waals surface area contributed by atoms with E-state index in [1.807, 2.05) is 13.8 Å². The van der Waals surface area contributed by atoms with Gasteiger partial charge in [0.25, 0.3) is 11.8 Å². The molecule has 1 unspecified atom stereocenters. The molecule has 2 aromatic rings. The van der Waals surface area contributed by atoms with Crippen LogP contribution in [0.4, 0.5) is 16.4 Å². The van der Waals surface area contributed by atoms with Crippen LogP contribution in [0.3, 0.4) is 0 Å². The first-order valence-electron chi connectivity index (χ1n) is 11.8. The van der Waals surface area contributed by atoms with Gasteiger partial charge in [-0.15, -0.1) is 5.10 Å². The van der Waals surface area contributed by atoms with Crippen LogP contribution in [-0.4, -0.2) is 68.9 Å². The molecule has 1 aromatic heterocycles. The van der Waals surface area contributed by atoms with E-state index in [9.17, 15) is 24.0 Å². The largest absolute Gasteiger partial charge is 0.384 e. The van der Waals surface area contributed by atoms with Gasteiger partial charge in [-0.2, -0.15) is 4.98 Å². The van der Waals surface area contributed by atoms with Crippen molar-refractivity contribution in [2.45, 2.75) is 51.5 Å². The van der Waals surface area contributed by atoms with E-state index in [-0.39, 0.29) is 35.8 Å². The fourth-order valence-electron chi connectivity index (χ4n) is 4.07. The van der Waals surface area contributed by atoms with Crippen LogP contribution < -0.4 is 21.3 Å². The van der Waals surface area contributed by atoms with Gasteiger partial charge in [0.1, 0.15) is 11.9 Å². The van der Waals surface area contributed by atoms with Crippen LogP contribution in [0.2, 0.25) is 0 Å². The van der Waals surface area contributed by atoms with Crippen LogP contribution in [0, 0.1) is 0 Å². The Morgan fingerprint density at radius 1 is 1.14 bits per heavy atom. The lowest BCUT2D eigenvalue weighted by atomic mass is 10.0. The van der Waals surface area contributed by atoms with Gasteiger partial charge in [0.15, 0.2) is 0 Å². The van der Waals surface area contributed by atoms with Gasteiger partial charge in [-0.3, -0.25) is 39.8 Å². The summed E-state index contributed by atoms with van der Waals surface area (Å²) in [5.41, 5.74) is 0.939. The summed E-state index contributed by atoms with van der Waals surface area (Å²) >= 11 is 0. The molecule has 36 heavy (non-hydrogen) atoms. The summed E-state index contributed by atoms with van der Waals surface area (Å²) in [6, 6.07) is 3.50. The number of H-pyrrole nitrogens is 1. The van der Waals surface area contributed by atoms with Gasteiger partial charge >= 0.3 is 6.03 Å². The zero-order valence-electron chi connectivity index (χ0n) is 20.0. The predicted octanol–water partition coefficient (Wildman–Crippen LogP) is 1.34. The Morgan fingerprint density at radius 3 is 2.64 bits per heavy atom. The second-order valence-corrected chi connectivity index (χ2v) is 8.89. The molecule has 0 bridgehead atoms. The van der Waals surface area contributed by atoms with E-state index < -0.39 is 35.7 Å². The first kappa shape index (κ1) is 24.8. The van der Waals surface area contributed by atoms with E-state index in [2.05, 4.69) is 36.4 Å². The van der Waals surface area contributed by atoms with Crippen molar-refractivity contribution in [2.75, 3.05) is 23.7 Å². The SMILES string of the molecule is CC(C)c1nc(NC(=O)NCCCCNc2cccc3c2C(=O)N(C2CCC(=O)NC2=O)C3=O)n[nH]1. The van der Waals surface area contributed by atoms with Crippen molar-refractivity contribution in [1.82, 2.24) is 30.7 Å².